The molecule has 0 aliphatic heterocycles. The Hall–Kier alpha value is -2.24. The largest absolute Gasteiger partial charge is 0.466 e. The summed E-state index contributed by atoms with van der Waals surface area (Å²) in [4.78, 5) is 51.2. The maximum Gasteiger partial charge on any atom is 0.307 e. The first-order valence-electron chi connectivity index (χ1n) is 18.8. The lowest BCUT2D eigenvalue weighted by Gasteiger charge is -2.64. The molecule has 11 atom stereocenters. The molecular formula is C37H63N3O8. The highest BCUT2D eigenvalue weighted by atomic mass is 16.6. The predicted molar refractivity (Wildman–Crippen MR) is 181 cm³/mol. The number of ether oxygens (including phenoxy) is 4. The third-order valence-corrected chi connectivity index (χ3v) is 12.9. The van der Waals surface area contributed by atoms with Crippen molar-refractivity contribution >= 4 is 23.9 Å². The number of hydrogen-bond donors (Lipinski definition) is 3. The summed E-state index contributed by atoms with van der Waals surface area (Å²) >= 11 is 0. The average molecular weight is 678 g/mol. The fraction of sp³-hybridized carbons (Fsp3) is 0.892. The Balaban J connectivity index is 1.65. The Morgan fingerprint density at radius 3 is 2.06 bits per heavy atom. The number of carbonyl (C=O) groups is 4. The van der Waals surface area contributed by atoms with Crippen LogP contribution in [0.5, 0.6) is 0 Å². The van der Waals surface area contributed by atoms with Crippen molar-refractivity contribution in [3.8, 4) is 0 Å². The summed E-state index contributed by atoms with van der Waals surface area (Å²) in [5.41, 5.74) is 16.7. The van der Waals surface area contributed by atoms with Crippen LogP contribution in [0.15, 0.2) is 0 Å². The molecule has 0 aromatic carbocycles. The van der Waals surface area contributed by atoms with E-state index in [1.54, 1.807) is 0 Å². The van der Waals surface area contributed by atoms with E-state index in [1.807, 2.05) is 0 Å². The molecule has 0 spiro atoms. The van der Waals surface area contributed by atoms with Gasteiger partial charge in [-0.3, -0.25) is 19.2 Å². The Kier molecular flexibility index (Phi) is 13.8. The van der Waals surface area contributed by atoms with Gasteiger partial charge >= 0.3 is 23.9 Å². The molecular weight excluding hydrogens is 614 g/mol. The topological polar surface area (TPSA) is 183 Å². The van der Waals surface area contributed by atoms with Gasteiger partial charge in [-0.2, -0.15) is 0 Å². The zero-order chi connectivity index (χ0) is 35.1. The van der Waals surface area contributed by atoms with Crippen molar-refractivity contribution in [3.63, 3.8) is 0 Å². The van der Waals surface area contributed by atoms with Gasteiger partial charge in [-0.15, -0.1) is 0 Å². The van der Waals surface area contributed by atoms with Gasteiger partial charge in [-0.1, -0.05) is 34.1 Å². The lowest BCUT2D eigenvalue weighted by Crippen LogP contribution is -2.63. The van der Waals surface area contributed by atoms with Crippen LogP contribution in [0.2, 0.25) is 0 Å². The van der Waals surface area contributed by atoms with Gasteiger partial charge in [-0.25, -0.2) is 0 Å². The monoisotopic (exact) mass is 677 g/mol. The van der Waals surface area contributed by atoms with Gasteiger partial charge in [0.05, 0.1) is 25.9 Å². The standard InChI is InChI=1S/C37H63N3O8/c1-5-6-19-45-31(41)10-7-23(2)26-8-9-27-35-28(22-30(37(26,27)4)48-34(44)14-18-40)36(3)15-11-25(46-32(42)12-16-38)20-24(36)21-29(35)47-33(43)13-17-39/h23-30,35H,5-22,38-40H2,1-4H3/t23-,24?,25-,26?,27+,28+,29-,30+,35?,36?,37?/m1/s1. The molecule has 5 unspecified atom stereocenters. The van der Waals surface area contributed by atoms with E-state index >= 15 is 0 Å². The Labute approximate surface area is 287 Å². The van der Waals surface area contributed by atoms with Crippen LogP contribution >= 0.6 is 0 Å². The van der Waals surface area contributed by atoms with Crippen LogP contribution < -0.4 is 17.2 Å². The predicted octanol–water partition coefficient (Wildman–Crippen LogP) is 4.41. The van der Waals surface area contributed by atoms with E-state index in [4.69, 9.17) is 36.1 Å². The first-order chi connectivity index (χ1) is 22.9. The molecule has 0 radical (unpaired) electrons. The first-order valence-corrected chi connectivity index (χ1v) is 18.8. The minimum absolute atomic E-state index is 0.0926. The van der Waals surface area contributed by atoms with Gasteiger partial charge in [0.15, 0.2) is 0 Å². The average Bonchev–Trinajstić information content (AvgIpc) is 3.39. The summed E-state index contributed by atoms with van der Waals surface area (Å²) < 4.78 is 24.1. The van der Waals surface area contributed by atoms with E-state index in [0.29, 0.717) is 38.7 Å². The van der Waals surface area contributed by atoms with Crippen molar-refractivity contribution < 1.29 is 38.1 Å². The van der Waals surface area contributed by atoms with Crippen LogP contribution in [-0.2, 0) is 38.1 Å². The van der Waals surface area contributed by atoms with Crippen LogP contribution in [0.25, 0.3) is 0 Å². The number of rotatable bonds is 16. The van der Waals surface area contributed by atoms with Crippen LogP contribution in [0, 0.1) is 46.3 Å². The normalized spacial score (nSPS) is 36.1. The Morgan fingerprint density at radius 2 is 1.42 bits per heavy atom. The van der Waals surface area contributed by atoms with Gasteiger partial charge in [0.25, 0.3) is 0 Å². The van der Waals surface area contributed by atoms with E-state index in [0.717, 1.165) is 38.5 Å². The minimum Gasteiger partial charge on any atom is -0.466 e. The zero-order valence-electron chi connectivity index (χ0n) is 29.9. The Morgan fingerprint density at radius 1 is 0.771 bits per heavy atom. The Bertz CT molecular complexity index is 1120. The summed E-state index contributed by atoms with van der Waals surface area (Å²) in [5, 5.41) is 0. The molecule has 11 heteroatoms. The number of hydrogen-bond acceptors (Lipinski definition) is 11. The van der Waals surface area contributed by atoms with Gasteiger partial charge < -0.3 is 36.1 Å². The number of carbonyl (C=O) groups excluding carboxylic acids is 4. The molecule has 0 bridgehead atoms. The molecule has 6 N–H and O–H groups in total. The van der Waals surface area contributed by atoms with Crippen molar-refractivity contribution in [2.45, 2.75) is 136 Å². The number of esters is 4. The minimum atomic E-state index is -0.367. The highest BCUT2D eigenvalue weighted by Crippen LogP contribution is 2.69. The lowest BCUT2D eigenvalue weighted by molar-refractivity contribution is -0.225. The number of fused-ring (bicyclic) bond motifs is 5. The zero-order valence-corrected chi connectivity index (χ0v) is 29.9. The highest BCUT2D eigenvalue weighted by Gasteiger charge is 2.67. The van der Waals surface area contributed by atoms with E-state index in [2.05, 4.69) is 27.7 Å². The highest BCUT2D eigenvalue weighted by molar-refractivity contribution is 5.71. The quantitative estimate of drug-likeness (QED) is 0.120. The molecule has 4 fully saturated rings. The lowest BCUT2D eigenvalue weighted by atomic mass is 9.43. The van der Waals surface area contributed by atoms with Crippen LogP contribution in [0.4, 0.5) is 0 Å². The van der Waals surface area contributed by atoms with E-state index < -0.39 is 0 Å². The SMILES string of the molecule is CCCCOC(=O)CC[C@@H](C)C1CC[C@H]2C3[C@H](OC(=O)CCN)CC4C[C@H](OC(=O)CCN)CCC4(C)[C@H]3C[C@H](OC(=O)CCN)C12C. The molecule has 274 valence electrons. The molecule has 0 amide bonds. The summed E-state index contributed by atoms with van der Waals surface area (Å²) in [6, 6.07) is 0. The summed E-state index contributed by atoms with van der Waals surface area (Å²) in [5.74, 6) is -0.0202. The van der Waals surface area contributed by atoms with Crippen LogP contribution in [0.3, 0.4) is 0 Å². The molecule has 4 aliphatic carbocycles. The second kappa shape index (κ2) is 17.1. The van der Waals surface area contributed by atoms with E-state index in [-0.39, 0.29) is 127 Å². The van der Waals surface area contributed by atoms with Gasteiger partial charge in [-0.05, 0) is 92.8 Å². The number of nitrogens with two attached hydrogens (primary N) is 3. The third-order valence-electron chi connectivity index (χ3n) is 12.9. The maximum absolute atomic E-state index is 13.2. The van der Waals surface area contributed by atoms with Crippen molar-refractivity contribution in [3.05, 3.63) is 0 Å². The molecule has 48 heavy (non-hydrogen) atoms. The van der Waals surface area contributed by atoms with E-state index in [9.17, 15) is 19.2 Å². The molecule has 0 aromatic rings. The fourth-order valence-corrected chi connectivity index (χ4v) is 10.5. The van der Waals surface area contributed by atoms with Gasteiger partial charge in [0.2, 0.25) is 0 Å². The summed E-state index contributed by atoms with van der Waals surface area (Å²) in [6.45, 7) is 10.1. The molecule has 0 saturated heterocycles. The summed E-state index contributed by atoms with van der Waals surface area (Å²) in [6.07, 6.45) is 8.17. The summed E-state index contributed by atoms with van der Waals surface area (Å²) in [7, 11) is 0. The number of unbranched alkanes of at least 4 members (excludes halogenated alkanes) is 1. The second-order valence-corrected chi connectivity index (χ2v) is 15.6. The molecule has 0 heterocycles. The third kappa shape index (κ3) is 8.37. The van der Waals surface area contributed by atoms with Crippen LogP contribution in [-0.4, -0.2) is 68.4 Å². The van der Waals surface area contributed by atoms with E-state index in [1.165, 1.54) is 0 Å². The molecule has 0 aromatic heterocycles. The molecule has 4 aliphatic rings. The molecule has 4 saturated carbocycles. The van der Waals surface area contributed by atoms with Crippen molar-refractivity contribution in [2.24, 2.45) is 63.5 Å². The van der Waals surface area contributed by atoms with Gasteiger partial charge in [0, 0.05) is 37.4 Å². The van der Waals surface area contributed by atoms with Crippen molar-refractivity contribution in [1.82, 2.24) is 0 Å². The van der Waals surface area contributed by atoms with Crippen molar-refractivity contribution in [1.29, 1.82) is 0 Å². The fourth-order valence-electron chi connectivity index (χ4n) is 10.5. The van der Waals surface area contributed by atoms with Crippen LogP contribution in [0.1, 0.15) is 118 Å². The molecule has 4 rings (SSSR count). The van der Waals surface area contributed by atoms with Gasteiger partial charge in [0.1, 0.15) is 18.3 Å². The molecule has 11 nitrogen and oxygen atoms in total. The maximum atomic E-state index is 13.2. The smallest absolute Gasteiger partial charge is 0.307 e. The first kappa shape index (κ1) is 38.6. The second-order valence-electron chi connectivity index (χ2n) is 15.6. The van der Waals surface area contributed by atoms with Crippen molar-refractivity contribution in [2.75, 3.05) is 26.2 Å².